The molecule has 178 valence electrons. The van der Waals surface area contributed by atoms with Crippen molar-refractivity contribution in [2.24, 2.45) is 5.92 Å². The Morgan fingerprint density at radius 2 is 1.82 bits per heavy atom. The predicted octanol–water partition coefficient (Wildman–Crippen LogP) is 3.49. The molecule has 1 aromatic heterocycles. The summed E-state index contributed by atoms with van der Waals surface area (Å²) in [6.45, 7) is 2.24. The summed E-state index contributed by atoms with van der Waals surface area (Å²) >= 11 is 0. The van der Waals surface area contributed by atoms with Gasteiger partial charge in [0.15, 0.2) is 11.5 Å². The molecule has 1 fully saturated rings. The van der Waals surface area contributed by atoms with Gasteiger partial charge in [0.2, 0.25) is 11.8 Å². The maximum absolute atomic E-state index is 12.9. The number of methoxy groups -OCH3 is 2. The Morgan fingerprint density at radius 3 is 2.53 bits per heavy atom. The molecule has 34 heavy (non-hydrogen) atoms. The van der Waals surface area contributed by atoms with Gasteiger partial charge in [-0.25, -0.2) is 4.98 Å². The monoisotopic (exact) mass is 464 g/mol. The summed E-state index contributed by atoms with van der Waals surface area (Å²) in [7, 11) is 3.04. The van der Waals surface area contributed by atoms with E-state index in [0.29, 0.717) is 46.7 Å². The fourth-order valence-electron chi connectivity index (χ4n) is 3.69. The number of benzene rings is 2. The van der Waals surface area contributed by atoms with Gasteiger partial charge in [-0.2, -0.15) is 0 Å². The Kier molecular flexibility index (Phi) is 6.81. The van der Waals surface area contributed by atoms with Gasteiger partial charge in [-0.3, -0.25) is 19.0 Å². The second-order valence-corrected chi connectivity index (χ2v) is 8.41. The van der Waals surface area contributed by atoms with Crippen molar-refractivity contribution in [3.63, 3.8) is 0 Å². The molecule has 0 bridgehead atoms. The number of carbonyl (C=O) groups excluding carboxylic acids is 2. The molecule has 1 heterocycles. The van der Waals surface area contributed by atoms with Crippen LogP contribution in [0.1, 0.15) is 31.2 Å². The van der Waals surface area contributed by atoms with E-state index in [-0.39, 0.29) is 29.7 Å². The van der Waals surface area contributed by atoms with Gasteiger partial charge in [-0.1, -0.05) is 6.07 Å². The molecule has 0 aliphatic heterocycles. The van der Waals surface area contributed by atoms with Crippen LogP contribution in [-0.2, 0) is 16.1 Å². The highest BCUT2D eigenvalue weighted by atomic mass is 16.5. The van der Waals surface area contributed by atoms with E-state index in [1.807, 2.05) is 19.1 Å². The summed E-state index contributed by atoms with van der Waals surface area (Å²) < 4.78 is 12.0. The lowest BCUT2D eigenvalue weighted by Crippen LogP contribution is -2.22. The largest absolute Gasteiger partial charge is 0.493 e. The third-order valence-electron chi connectivity index (χ3n) is 5.86. The normalized spacial score (nSPS) is 12.9. The SMILES string of the molecule is COc1cc2ncn(CCCC(=O)Nc3cc(NC(=O)C4CC4)ccc3C)c(=O)c2cc1OC. The number of aryl methyl sites for hydroxylation is 2. The minimum absolute atomic E-state index is 0.0200. The average Bonchev–Trinajstić information content (AvgIpc) is 3.67. The van der Waals surface area contributed by atoms with Crippen LogP contribution < -0.4 is 25.7 Å². The number of nitrogens with one attached hydrogen (secondary N) is 2. The van der Waals surface area contributed by atoms with Crippen molar-refractivity contribution >= 4 is 34.1 Å². The first-order valence-electron chi connectivity index (χ1n) is 11.2. The number of fused-ring (bicyclic) bond motifs is 1. The van der Waals surface area contributed by atoms with Crippen molar-refractivity contribution in [1.29, 1.82) is 0 Å². The summed E-state index contributed by atoms with van der Waals surface area (Å²) in [5.74, 6) is 0.920. The van der Waals surface area contributed by atoms with Crippen molar-refractivity contribution in [1.82, 2.24) is 9.55 Å². The van der Waals surface area contributed by atoms with Crippen molar-refractivity contribution < 1.29 is 19.1 Å². The maximum Gasteiger partial charge on any atom is 0.261 e. The second kappa shape index (κ2) is 9.94. The quantitative estimate of drug-likeness (QED) is 0.501. The molecule has 0 radical (unpaired) electrons. The fourth-order valence-corrected chi connectivity index (χ4v) is 3.69. The molecule has 0 unspecified atom stereocenters. The summed E-state index contributed by atoms with van der Waals surface area (Å²) in [6.07, 6.45) is 4.03. The number of hydrogen-bond acceptors (Lipinski definition) is 6. The topological polar surface area (TPSA) is 112 Å². The second-order valence-electron chi connectivity index (χ2n) is 8.41. The minimum Gasteiger partial charge on any atom is -0.493 e. The van der Waals surface area contributed by atoms with Crippen molar-refractivity contribution in [2.45, 2.75) is 39.2 Å². The first-order chi connectivity index (χ1) is 16.4. The lowest BCUT2D eigenvalue weighted by atomic mass is 10.1. The number of aromatic nitrogens is 2. The molecule has 9 heteroatoms. The predicted molar refractivity (Wildman–Crippen MR) is 130 cm³/mol. The highest BCUT2D eigenvalue weighted by molar-refractivity contribution is 5.96. The zero-order valence-corrected chi connectivity index (χ0v) is 19.5. The van der Waals surface area contributed by atoms with Crippen LogP contribution in [0.2, 0.25) is 0 Å². The molecule has 9 nitrogen and oxygen atoms in total. The maximum atomic E-state index is 12.9. The molecular weight excluding hydrogens is 436 g/mol. The van der Waals surface area contributed by atoms with Crippen molar-refractivity contribution in [3.05, 3.63) is 52.6 Å². The van der Waals surface area contributed by atoms with Crippen molar-refractivity contribution in [2.75, 3.05) is 24.9 Å². The van der Waals surface area contributed by atoms with Crippen LogP contribution in [0.3, 0.4) is 0 Å². The molecule has 1 aliphatic carbocycles. The lowest BCUT2D eigenvalue weighted by Gasteiger charge is -2.12. The minimum atomic E-state index is -0.207. The van der Waals surface area contributed by atoms with Gasteiger partial charge in [-0.05, 0) is 49.9 Å². The Morgan fingerprint density at radius 1 is 1.09 bits per heavy atom. The number of anilines is 2. The average molecular weight is 465 g/mol. The van der Waals surface area contributed by atoms with Gasteiger partial charge in [-0.15, -0.1) is 0 Å². The van der Waals surface area contributed by atoms with E-state index in [9.17, 15) is 14.4 Å². The van der Waals surface area contributed by atoms with Crippen LogP contribution in [0.25, 0.3) is 10.9 Å². The molecule has 0 atom stereocenters. The molecule has 2 N–H and O–H groups in total. The van der Waals surface area contributed by atoms with Crippen LogP contribution in [0.15, 0.2) is 41.5 Å². The third-order valence-corrected chi connectivity index (χ3v) is 5.86. The fraction of sp³-hybridized carbons (Fsp3) is 0.360. The molecule has 0 saturated heterocycles. The molecule has 1 saturated carbocycles. The molecule has 2 amide bonds. The molecular formula is C25H28N4O5. The van der Waals surface area contributed by atoms with E-state index in [1.165, 1.54) is 25.1 Å². The van der Waals surface area contributed by atoms with E-state index < -0.39 is 0 Å². The van der Waals surface area contributed by atoms with Crippen LogP contribution in [-0.4, -0.2) is 35.6 Å². The zero-order valence-electron chi connectivity index (χ0n) is 19.5. The van der Waals surface area contributed by atoms with E-state index in [4.69, 9.17) is 9.47 Å². The Balaban J connectivity index is 1.38. The highest BCUT2D eigenvalue weighted by Gasteiger charge is 2.29. The summed E-state index contributed by atoms with van der Waals surface area (Å²) in [5.41, 5.74) is 2.53. The Labute approximate surface area is 197 Å². The van der Waals surface area contributed by atoms with Gasteiger partial charge in [0.05, 0.1) is 31.4 Å². The van der Waals surface area contributed by atoms with E-state index >= 15 is 0 Å². The lowest BCUT2D eigenvalue weighted by molar-refractivity contribution is -0.117. The van der Waals surface area contributed by atoms with Crippen LogP contribution in [0, 0.1) is 12.8 Å². The summed E-state index contributed by atoms with van der Waals surface area (Å²) in [5, 5.41) is 6.22. The Hall–Kier alpha value is -3.88. The summed E-state index contributed by atoms with van der Waals surface area (Å²) in [6, 6.07) is 8.74. The number of rotatable bonds is 9. The van der Waals surface area contributed by atoms with Gasteiger partial charge in [0, 0.05) is 36.3 Å². The molecule has 4 rings (SSSR count). The summed E-state index contributed by atoms with van der Waals surface area (Å²) in [4.78, 5) is 41.8. The first kappa shape index (κ1) is 23.3. The Bertz CT molecular complexity index is 1300. The number of hydrogen-bond donors (Lipinski definition) is 2. The zero-order chi connectivity index (χ0) is 24.2. The number of ether oxygens (including phenoxy) is 2. The van der Waals surface area contributed by atoms with Crippen LogP contribution in [0.4, 0.5) is 11.4 Å². The van der Waals surface area contributed by atoms with Gasteiger partial charge < -0.3 is 20.1 Å². The van der Waals surface area contributed by atoms with E-state index in [2.05, 4.69) is 15.6 Å². The number of nitrogens with zero attached hydrogens (tertiary/aromatic N) is 2. The smallest absolute Gasteiger partial charge is 0.261 e. The highest BCUT2D eigenvalue weighted by Crippen LogP contribution is 2.31. The van der Waals surface area contributed by atoms with Crippen LogP contribution >= 0.6 is 0 Å². The third kappa shape index (κ3) is 5.19. The number of amides is 2. The first-order valence-corrected chi connectivity index (χ1v) is 11.2. The molecule has 3 aromatic rings. The van der Waals surface area contributed by atoms with E-state index in [1.54, 1.807) is 18.2 Å². The molecule has 0 spiro atoms. The van der Waals surface area contributed by atoms with Gasteiger partial charge in [0.25, 0.3) is 5.56 Å². The van der Waals surface area contributed by atoms with Crippen LogP contribution in [0.5, 0.6) is 11.5 Å². The molecule has 1 aliphatic rings. The molecule has 2 aromatic carbocycles. The van der Waals surface area contributed by atoms with Crippen molar-refractivity contribution in [3.8, 4) is 11.5 Å². The van der Waals surface area contributed by atoms with Gasteiger partial charge >= 0.3 is 0 Å². The number of carbonyl (C=O) groups is 2. The standard InChI is InChI=1S/C25H28N4O5/c1-15-6-9-17(27-24(31)16-7-8-16)11-19(15)28-23(30)5-4-10-29-14-26-20-13-22(34-3)21(33-2)12-18(20)25(29)32/h6,9,11-14,16H,4-5,7-8,10H2,1-3H3,(H,27,31)(H,28,30). The van der Waals surface area contributed by atoms with Gasteiger partial charge in [0.1, 0.15) is 0 Å². The van der Waals surface area contributed by atoms with E-state index in [0.717, 1.165) is 18.4 Å².